The van der Waals surface area contributed by atoms with E-state index in [4.69, 9.17) is 4.52 Å². The minimum Gasteiger partial charge on any atom is -0.349 e. The van der Waals surface area contributed by atoms with E-state index in [1.54, 1.807) is 0 Å². The number of carbonyl (C=O) groups excluding carboxylic acids is 1. The third kappa shape index (κ3) is 2.92. The second-order valence-corrected chi connectivity index (χ2v) is 7.83. The van der Waals surface area contributed by atoms with E-state index in [9.17, 15) is 4.79 Å². The first kappa shape index (κ1) is 15.3. The second-order valence-electron chi connectivity index (χ2n) is 7.83. The van der Waals surface area contributed by atoms with Crippen LogP contribution in [0, 0.1) is 6.92 Å². The molecule has 0 unspecified atom stereocenters. The SMILES string of the molecule is Cc1noc2nc(C3CC3)cc(C(=O)NC3CCN(C4CC4)CC3)c12. The Morgan fingerprint density at radius 1 is 1.20 bits per heavy atom. The molecule has 1 saturated heterocycles. The fourth-order valence-corrected chi connectivity index (χ4v) is 3.99. The zero-order valence-corrected chi connectivity index (χ0v) is 14.6. The molecule has 5 rings (SSSR count). The van der Waals surface area contributed by atoms with E-state index in [1.807, 2.05) is 13.0 Å². The number of nitrogens with zero attached hydrogens (tertiary/aromatic N) is 3. The lowest BCUT2D eigenvalue weighted by Crippen LogP contribution is -2.45. The maximum Gasteiger partial charge on any atom is 0.259 e. The number of hydrogen-bond donors (Lipinski definition) is 1. The number of fused-ring (bicyclic) bond motifs is 1. The van der Waals surface area contributed by atoms with Crippen molar-refractivity contribution in [2.75, 3.05) is 13.1 Å². The molecule has 6 heteroatoms. The summed E-state index contributed by atoms with van der Waals surface area (Å²) in [6, 6.07) is 3.03. The molecule has 2 aliphatic carbocycles. The van der Waals surface area contributed by atoms with Crippen LogP contribution >= 0.6 is 0 Å². The molecule has 1 amide bonds. The highest BCUT2D eigenvalue weighted by molar-refractivity contribution is 6.06. The Hall–Kier alpha value is -1.95. The van der Waals surface area contributed by atoms with E-state index < -0.39 is 0 Å². The van der Waals surface area contributed by atoms with E-state index in [1.165, 1.54) is 12.8 Å². The third-order valence-electron chi connectivity index (χ3n) is 5.81. The molecule has 1 N–H and O–H groups in total. The molecule has 3 heterocycles. The summed E-state index contributed by atoms with van der Waals surface area (Å²) in [5, 5.41) is 8.03. The van der Waals surface area contributed by atoms with Gasteiger partial charge in [0.25, 0.3) is 11.6 Å². The van der Waals surface area contributed by atoms with Crippen molar-refractivity contribution in [1.82, 2.24) is 20.4 Å². The van der Waals surface area contributed by atoms with Crippen LogP contribution in [-0.2, 0) is 0 Å². The van der Waals surface area contributed by atoms with Crippen LogP contribution in [0.1, 0.15) is 66.2 Å². The van der Waals surface area contributed by atoms with Gasteiger partial charge in [-0.1, -0.05) is 5.16 Å². The summed E-state index contributed by atoms with van der Waals surface area (Å²) in [6.07, 6.45) is 7.06. The number of nitrogens with one attached hydrogen (secondary N) is 1. The first-order valence-corrected chi connectivity index (χ1v) is 9.51. The number of rotatable bonds is 4. The largest absolute Gasteiger partial charge is 0.349 e. The lowest BCUT2D eigenvalue weighted by atomic mass is 10.0. The third-order valence-corrected chi connectivity index (χ3v) is 5.81. The molecule has 3 aliphatic rings. The minimum absolute atomic E-state index is 0.00882. The zero-order valence-electron chi connectivity index (χ0n) is 14.6. The lowest BCUT2D eigenvalue weighted by Gasteiger charge is -2.32. The highest BCUT2D eigenvalue weighted by Gasteiger charge is 2.33. The van der Waals surface area contributed by atoms with Gasteiger partial charge in [0.05, 0.1) is 16.6 Å². The van der Waals surface area contributed by atoms with Gasteiger partial charge in [-0.15, -0.1) is 0 Å². The number of carbonyl (C=O) groups is 1. The Morgan fingerprint density at radius 3 is 2.64 bits per heavy atom. The van der Waals surface area contributed by atoms with Crippen molar-refractivity contribution in [3.63, 3.8) is 0 Å². The number of pyridine rings is 1. The minimum atomic E-state index is -0.00882. The average Bonchev–Trinajstić information content (AvgIpc) is 3.53. The fourth-order valence-electron chi connectivity index (χ4n) is 3.99. The van der Waals surface area contributed by atoms with Crippen LogP contribution < -0.4 is 5.32 Å². The van der Waals surface area contributed by atoms with Crippen LogP contribution in [0.5, 0.6) is 0 Å². The average molecular weight is 340 g/mol. The summed E-state index contributed by atoms with van der Waals surface area (Å²) < 4.78 is 5.35. The summed E-state index contributed by atoms with van der Waals surface area (Å²) >= 11 is 0. The van der Waals surface area contributed by atoms with Gasteiger partial charge in [-0.25, -0.2) is 4.98 Å². The van der Waals surface area contributed by atoms with Crippen molar-refractivity contribution in [2.24, 2.45) is 0 Å². The maximum atomic E-state index is 13.0. The molecule has 2 aromatic rings. The van der Waals surface area contributed by atoms with Crippen LogP contribution in [0.2, 0.25) is 0 Å². The molecule has 132 valence electrons. The van der Waals surface area contributed by atoms with Crippen LogP contribution in [0.3, 0.4) is 0 Å². The Bertz CT molecular complexity index is 814. The predicted molar refractivity (Wildman–Crippen MR) is 93.6 cm³/mol. The van der Waals surface area contributed by atoms with E-state index >= 15 is 0 Å². The molecule has 2 saturated carbocycles. The first-order valence-electron chi connectivity index (χ1n) is 9.51. The lowest BCUT2D eigenvalue weighted by molar-refractivity contribution is 0.0910. The van der Waals surface area contributed by atoms with Gasteiger partial charge in [0.15, 0.2) is 0 Å². The Morgan fingerprint density at radius 2 is 1.96 bits per heavy atom. The summed E-state index contributed by atoms with van der Waals surface area (Å²) in [5.41, 5.74) is 2.88. The van der Waals surface area contributed by atoms with Crippen LogP contribution in [0.25, 0.3) is 11.1 Å². The van der Waals surface area contributed by atoms with Gasteiger partial charge in [-0.3, -0.25) is 4.79 Å². The maximum absolute atomic E-state index is 13.0. The van der Waals surface area contributed by atoms with Crippen molar-refractivity contribution in [2.45, 2.75) is 63.5 Å². The number of aromatic nitrogens is 2. The quantitative estimate of drug-likeness (QED) is 0.927. The normalized spacial score (nSPS) is 22.4. The molecular weight excluding hydrogens is 316 g/mol. The fraction of sp³-hybridized carbons (Fsp3) is 0.632. The second kappa shape index (κ2) is 5.80. The highest BCUT2D eigenvalue weighted by Crippen LogP contribution is 2.40. The topological polar surface area (TPSA) is 71.3 Å². The molecule has 0 aromatic carbocycles. The van der Waals surface area contributed by atoms with Gasteiger partial charge in [0.2, 0.25) is 0 Å². The predicted octanol–water partition coefficient (Wildman–Crippen LogP) is 2.77. The Balaban J connectivity index is 1.36. The van der Waals surface area contributed by atoms with Crippen molar-refractivity contribution < 1.29 is 9.32 Å². The number of amides is 1. The van der Waals surface area contributed by atoms with E-state index in [0.29, 0.717) is 17.2 Å². The van der Waals surface area contributed by atoms with Gasteiger partial charge < -0.3 is 14.7 Å². The van der Waals surface area contributed by atoms with E-state index in [2.05, 4.69) is 20.4 Å². The Labute approximate surface area is 146 Å². The summed E-state index contributed by atoms with van der Waals surface area (Å²) in [6.45, 7) is 4.07. The molecular formula is C19H24N4O2. The van der Waals surface area contributed by atoms with Crippen molar-refractivity contribution in [1.29, 1.82) is 0 Å². The number of piperidine rings is 1. The van der Waals surface area contributed by atoms with E-state index in [-0.39, 0.29) is 11.9 Å². The van der Waals surface area contributed by atoms with Gasteiger partial charge in [-0.2, -0.15) is 0 Å². The number of hydrogen-bond acceptors (Lipinski definition) is 5. The van der Waals surface area contributed by atoms with Crippen molar-refractivity contribution >= 4 is 17.0 Å². The van der Waals surface area contributed by atoms with Crippen LogP contribution in [-0.4, -0.2) is 46.1 Å². The molecule has 0 atom stereocenters. The smallest absolute Gasteiger partial charge is 0.259 e. The van der Waals surface area contributed by atoms with Crippen LogP contribution in [0.15, 0.2) is 10.6 Å². The van der Waals surface area contributed by atoms with Gasteiger partial charge >= 0.3 is 0 Å². The van der Waals surface area contributed by atoms with Crippen molar-refractivity contribution in [3.05, 3.63) is 23.0 Å². The monoisotopic (exact) mass is 340 g/mol. The standard InChI is InChI=1S/C19H24N4O2/c1-11-17-15(10-16(12-2-3-12)21-19(17)25-22-11)18(24)20-13-6-8-23(9-7-13)14-4-5-14/h10,12-14H,2-9H2,1H3,(H,20,24). The summed E-state index contributed by atoms with van der Waals surface area (Å²) in [4.78, 5) is 20.1. The molecule has 25 heavy (non-hydrogen) atoms. The van der Waals surface area contributed by atoms with Crippen LogP contribution in [0.4, 0.5) is 0 Å². The molecule has 1 aliphatic heterocycles. The zero-order chi connectivity index (χ0) is 17.0. The Kier molecular flexibility index (Phi) is 3.55. The van der Waals surface area contributed by atoms with Gasteiger partial charge in [0.1, 0.15) is 0 Å². The molecule has 0 spiro atoms. The molecule has 6 nitrogen and oxygen atoms in total. The van der Waals surface area contributed by atoms with Crippen molar-refractivity contribution in [3.8, 4) is 0 Å². The highest BCUT2D eigenvalue weighted by atomic mass is 16.5. The molecule has 2 aromatic heterocycles. The first-order chi connectivity index (χ1) is 12.2. The summed E-state index contributed by atoms with van der Waals surface area (Å²) in [7, 11) is 0. The molecule has 3 fully saturated rings. The number of likely N-dealkylation sites (tertiary alicyclic amines) is 1. The van der Waals surface area contributed by atoms with Gasteiger partial charge in [-0.05, 0) is 51.5 Å². The molecule has 0 radical (unpaired) electrons. The number of aryl methyl sites for hydroxylation is 1. The van der Waals surface area contributed by atoms with E-state index in [0.717, 1.165) is 61.6 Å². The summed E-state index contributed by atoms with van der Waals surface area (Å²) in [5.74, 6) is 0.466. The van der Waals surface area contributed by atoms with Gasteiger partial charge in [0, 0.05) is 36.8 Å². The molecule has 0 bridgehead atoms.